The molecule has 1 aliphatic rings. The number of hydrogen-bond acceptors (Lipinski definition) is 3. The van der Waals surface area contributed by atoms with E-state index < -0.39 is 0 Å². The van der Waals surface area contributed by atoms with Gasteiger partial charge >= 0.3 is 0 Å². The fraction of sp³-hybridized carbons (Fsp3) is 0.444. The highest BCUT2D eigenvalue weighted by molar-refractivity contribution is 6.31. The van der Waals surface area contributed by atoms with E-state index in [4.69, 9.17) is 11.6 Å². The molecule has 1 aromatic rings. The van der Waals surface area contributed by atoms with Crippen molar-refractivity contribution < 1.29 is 14.7 Å². The van der Waals surface area contributed by atoms with Crippen molar-refractivity contribution in [3.05, 3.63) is 40.9 Å². The number of likely N-dealkylation sites (tertiary alicyclic amines) is 1. The molecule has 0 spiro atoms. The number of halogens is 1. The smallest absolute Gasteiger partial charge is 0.243 e. The van der Waals surface area contributed by atoms with Gasteiger partial charge < -0.3 is 15.3 Å². The van der Waals surface area contributed by atoms with Gasteiger partial charge in [-0.15, -0.1) is 0 Å². The maximum Gasteiger partial charge on any atom is 0.243 e. The van der Waals surface area contributed by atoms with Gasteiger partial charge in [0.1, 0.15) is 5.75 Å². The Balaban J connectivity index is 1.91. The number of nitrogens with zero attached hydrogens (tertiary/aromatic N) is 1. The second-order valence-electron chi connectivity index (χ2n) is 6.12. The minimum atomic E-state index is -0.212. The van der Waals surface area contributed by atoms with Gasteiger partial charge in [-0.1, -0.05) is 24.2 Å². The SMILES string of the molecule is C=CC(=O)N[C@@H]1CCCN(C(=O)CCc2cc(C)c(Cl)cc2O)C1. The summed E-state index contributed by atoms with van der Waals surface area (Å²) in [5.41, 5.74) is 1.60. The van der Waals surface area contributed by atoms with Crippen molar-refractivity contribution in [1.82, 2.24) is 10.2 Å². The van der Waals surface area contributed by atoms with Crippen molar-refractivity contribution in [3.63, 3.8) is 0 Å². The summed E-state index contributed by atoms with van der Waals surface area (Å²) in [5, 5.41) is 13.3. The number of aryl methyl sites for hydroxylation is 2. The van der Waals surface area contributed by atoms with Crippen LogP contribution in [-0.4, -0.2) is 41.0 Å². The fourth-order valence-corrected chi connectivity index (χ4v) is 3.07. The number of benzene rings is 1. The highest BCUT2D eigenvalue weighted by Crippen LogP contribution is 2.27. The summed E-state index contributed by atoms with van der Waals surface area (Å²) in [6.07, 6.45) is 3.74. The number of amides is 2. The summed E-state index contributed by atoms with van der Waals surface area (Å²) < 4.78 is 0. The van der Waals surface area contributed by atoms with Gasteiger partial charge in [0, 0.05) is 30.6 Å². The van der Waals surface area contributed by atoms with Crippen LogP contribution in [0.4, 0.5) is 0 Å². The van der Waals surface area contributed by atoms with Crippen LogP contribution in [-0.2, 0) is 16.0 Å². The second-order valence-corrected chi connectivity index (χ2v) is 6.53. The molecule has 0 radical (unpaired) electrons. The normalized spacial score (nSPS) is 17.4. The van der Waals surface area contributed by atoms with Gasteiger partial charge in [-0.05, 0) is 49.5 Å². The van der Waals surface area contributed by atoms with E-state index in [9.17, 15) is 14.7 Å². The number of aromatic hydroxyl groups is 1. The second kappa shape index (κ2) is 8.20. The first kappa shape index (κ1) is 18.3. The van der Waals surface area contributed by atoms with Gasteiger partial charge in [0.15, 0.2) is 0 Å². The predicted octanol–water partition coefficient (Wildman–Crippen LogP) is 2.58. The third kappa shape index (κ3) is 4.74. The van der Waals surface area contributed by atoms with Crippen LogP contribution in [0.2, 0.25) is 5.02 Å². The van der Waals surface area contributed by atoms with Crippen LogP contribution in [0.1, 0.15) is 30.4 Å². The zero-order valence-electron chi connectivity index (χ0n) is 13.8. The summed E-state index contributed by atoms with van der Waals surface area (Å²) in [7, 11) is 0. The van der Waals surface area contributed by atoms with E-state index in [0.29, 0.717) is 31.0 Å². The van der Waals surface area contributed by atoms with Gasteiger partial charge in [0.25, 0.3) is 0 Å². The first-order chi connectivity index (χ1) is 11.4. The molecular formula is C18H23ClN2O3. The zero-order valence-corrected chi connectivity index (χ0v) is 14.6. The third-order valence-electron chi connectivity index (χ3n) is 4.27. The van der Waals surface area contributed by atoms with Crippen LogP contribution in [0.25, 0.3) is 0 Å². The molecule has 1 fully saturated rings. The standard InChI is InChI=1S/C18H23ClN2O3/c1-3-17(23)20-14-5-4-8-21(11-14)18(24)7-6-13-9-12(2)15(19)10-16(13)22/h3,9-10,14,22H,1,4-8,11H2,2H3,(H,20,23)/t14-/m1/s1. The van der Waals surface area contributed by atoms with Crippen LogP contribution >= 0.6 is 11.6 Å². The molecule has 0 unspecified atom stereocenters. The third-order valence-corrected chi connectivity index (χ3v) is 4.68. The van der Waals surface area contributed by atoms with E-state index in [1.807, 2.05) is 13.0 Å². The van der Waals surface area contributed by atoms with Gasteiger partial charge in [-0.25, -0.2) is 0 Å². The molecule has 6 heteroatoms. The van der Waals surface area contributed by atoms with Gasteiger partial charge in [0.2, 0.25) is 11.8 Å². The van der Waals surface area contributed by atoms with Crippen LogP contribution in [0.3, 0.4) is 0 Å². The van der Waals surface area contributed by atoms with Crippen LogP contribution in [0, 0.1) is 6.92 Å². The number of piperidine rings is 1. The average molecular weight is 351 g/mol. The summed E-state index contributed by atoms with van der Waals surface area (Å²) in [6, 6.07) is 3.30. The molecule has 0 bridgehead atoms. The Hall–Kier alpha value is -2.01. The van der Waals surface area contributed by atoms with E-state index in [1.54, 1.807) is 4.90 Å². The fourth-order valence-electron chi connectivity index (χ4n) is 2.91. The summed E-state index contributed by atoms with van der Waals surface area (Å²) >= 11 is 5.96. The monoisotopic (exact) mass is 350 g/mol. The van der Waals surface area contributed by atoms with Crippen LogP contribution in [0.5, 0.6) is 5.75 Å². The number of phenols is 1. The minimum absolute atomic E-state index is 0.0274. The lowest BCUT2D eigenvalue weighted by Gasteiger charge is -2.33. The van der Waals surface area contributed by atoms with Gasteiger partial charge in [-0.3, -0.25) is 9.59 Å². The summed E-state index contributed by atoms with van der Waals surface area (Å²) in [5.74, 6) is -0.0661. The van der Waals surface area contributed by atoms with Crippen molar-refractivity contribution >= 4 is 23.4 Å². The molecule has 0 aliphatic carbocycles. The predicted molar refractivity (Wildman–Crippen MR) is 94.1 cm³/mol. The average Bonchev–Trinajstić information content (AvgIpc) is 2.56. The number of nitrogens with one attached hydrogen (secondary N) is 1. The van der Waals surface area contributed by atoms with Crippen molar-refractivity contribution in [3.8, 4) is 5.75 Å². The lowest BCUT2D eigenvalue weighted by molar-refractivity contribution is -0.133. The van der Waals surface area contributed by atoms with Crippen molar-refractivity contribution in [1.29, 1.82) is 0 Å². The Kier molecular flexibility index (Phi) is 6.26. The first-order valence-corrected chi connectivity index (χ1v) is 8.47. The zero-order chi connectivity index (χ0) is 17.7. The molecule has 2 N–H and O–H groups in total. The van der Waals surface area contributed by atoms with Crippen LogP contribution in [0.15, 0.2) is 24.8 Å². The molecule has 1 aromatic carbocycles. The summed E-state index contributed by atoms with van der Waals surface area (Å²) in [6.45, 7) is 6.52. The van der Waals surface area contributed by atoms with Crippen molar-refractivity contribution in [2.45, 2.75) is 38.6 Å². The number of rotatable bonds is 5. The highest BCUT2D eigenvalue weighted by atomic mass is 35.5. The van der Waals surface area contributed by atoms with Gasteiger partial charge in [0.05, 0.1) is 0 Å². The Morgan fingerprint density at radius 2 is 2.25 bits per heavy atom. The molecule has 2 rings (SSSR count). The molecule has 0 aromatic heterocycles. The molecule has 1 heterocycles. The van der Waals surface area contributed by atoms with E-state index in [2.05, 4.69) is 11.9 Å². The number of phenolic OH excluding ortho intramolecular Hbond substituents is 1. The number of carbonyl (C=O) groups is 2. The maximum atomic E-state index is 12.4. The number of carbonyl (C=O) groups excluding carboxylic acids is 2. The molecule has 24 heavy (non-hydrogen) atoms. The van der Waals surface area contributed by atoms with Gasteiger partial charge in [-0.2, -0.15) is 0 Å². The minimum Gasteiger partial charge on any atom is -0.508 e. The van der Waals surface area contributed by atoms with E-state index in [0.717, 1.165) is 24.0 Å². The van der Waals surface area contributed by atoms with Crippen molar-refractivity contribution in [2.24, 2.45) is 0 Å². The molecular weight excluding hydrogens is 328 g/mol. The topological polar surface area (TPSA) is 69.6 Å². The maximum absolute atomic E-state index is 12.4. The molecule has 2 amide bonds. The Bertz CT molecular complexity index is 645. The lowest BCUT2D eigenvalue weighted by atomic mass is 10.0. The van der Waals surface area contributed by atoms with E-state index in [-0.39, 0.29) is 23.6 Å². The Morgan fingerprint density at radius 1 is 1.50 bits per heavy atom. The summed E-state index contributed by atoms with van der Waals surface area (Å²) in [4.78, 5) is 25.6. The molecule has 5 nitrogen and oxygen atoms in total. The molecule has 1 atom stereocenters. The largest absolute Gasteiger partial charge is 0.508 e. The Morgan fingerprint density at radius 3 is 2.96 bits per heavy atom. The Labute approximate surface area is 147 Å². The highest BCUT2D eigenvalue weighted by Gasteiger charge is 2.24. The first-order valence-electron chi connectivity index (χ1n) is 8.09. The van der Waals surface area contributed by atoms with E-state index >= 15 is 0 Å². The molecule has 1 aliphatic heterocycles. The molecule has 1 saturated heterocycles. The van der Waals surface area contributed by atoms with E-state index in [1.165, 1.54) is 12.1 Å². The lowest BCUT2D eigenvalue weighted by Crippen LogP contribution is -2.49. The van der Waals surface area contributed by atoms with Crippen molar-refractivity contribution in [2.75, 3.05) is 13.1 Å². The quantitative estimate of drug-likeness (QED) is 0.802. The number of hydrogen-bond donors (Lipinski definition) is 2. The molecule has 130 valence electrons. The molecule has 0 saturated carbocycles. The van der Waals surface area contributed by atoms with Crippen LogP contribution < -0.4 is 5.32 Å².